The lowest BCUT2D eigenvalue weighted by Gasteiger charge is -2.37. The average molecular weight is 362 g/mol. The Labute approximate surface area is 122 Å². The van der Waals surface area contributed by atoms with E-state index in [1.54, 1.807) is 7.11 Å². The molecule has 0 aromatic heterocycles. The van der Waals surface area contributed by atoms with Crippen LogP contribution in [0.1, 0.15) is 18.4 Å². The molecule has 0 unspecified atom stereocenters. The summed E-state index contributed by atoms with van der Waals surface area (Å²) < 4.78 is 17.9. The largest absolute Gasteiger partial charge is 0.382 e. The Kier molecular flexibility index (Phi) is 5.41. The van der Waals surface area contributed by atoms with E-state index in [1.807, 2.05) is 0 Å². The molecule has 1 aliphatic rings. The summed E-state index contributed by atoms with van der Waals surface area (Å²) in [5, 5.41) is 0. The lowest BCUT2D eigenvalue weighted by Crippen LogP contribution is -2.37. The van der Waals surface area contributed by atoms with Crippen LogP contribution in [-0.2, 0) is 19.8 Å². The molecule has 0 aliphatic carbocycles. The van der Waals surface area contributed by atoms with Crippen LogP contribution in [0, 0.1) is 3.57 Å². The number of rotatable bonds is 5. The Hall–Kier alpha value is -0.170. The third-order valence-corrected chi connectivity index (χ3v) is 4.06. The number of halogens is 1. The molecule has 1 aliphatic heterocycles. The second-order valence-corrected chi connectivity index (χ2v) is 5.70. The molecule has 3 nitrogen and oxygen atoms in total. The highest BCUT2D eigenvalue weighted by Gasteiger charge is 2.35. The van der Waals surface area contributed by atoms with Crippen molar-refractivity contribution in [2.45, 2.75) is 18.4 Å². The highest BCUT2D eigenvalue weighted by Crippen LogP contribution is 2.36. The maximum atomic E-state index is 6.13. The monoisotopic (exact) mass is 362 g/mol. The molecule has 0 radical (unpaired) electrons. The van der Waals surface area contributed by atoms with E-state index in [9.17, 15) is 0 Å². The lowest BCUT2D eigenvalue weighted by atomic mass is 9.86. The molecule has 0 N–H and O–H groups in total. The Morgan fingerprint density at radius 1 is 1.17 bits per heavy atom. The molecule has 1 saturated heterocycles. The fourth-order valence-corrected chi connectivity index (χ4v) is 2.65. The molecular weight excluding hydrogens is 343 g/mol. The first-order valence-electron chi connectivity index (χ1n) is 6.23. The van der Waals surface area contributed by atoms with Gasteiger partial charge < -0.3 is 14.2 Å². The molecule has 0 saturated carbocycles. The van der Waals surface area contributed by atoms with Gasteiger partial charge in [-0.1, -0.05) is 12.1 Å². The van der Waals surface area contributed by atoms with Crippen molar-refractivity contribution in [3.63, 3.8) is 0 Å². The van der Waals surface area contributed by atoms with E-state index in [4.69, 9.17) is 14.2 Å². The molecule has 0 spiro atoms. The summed E-state index contributed by atoms with van der Waals surface area (Å²) in [5.41, 5.74) is 1.06. The quantitative estimate of drug-likeness (QED) is 0.596. The van der Waals surface area contributed by atoms with Crippen LogP contribution in [0.25, 0.3) is 0 Å². The van der Waals surface area contributed by atoms with E-state index in [0.29, 0.717) is 13.2 Å². The third kappa shape index (κ3) is 3.44. The maximum absolute atomic E-state index is 6.13. The second kappa shape index (κ2) is 6.84. The van der Waals surface area contributed by atoms with Gasteiger partial charge in [0.05, 0.1) is 18.8 Å². The number of methoxy groups -OCH3 is 1. The zero-order valence-electron chi connectivity index (χ0n) is 10.7. The van der Waals surface area contributed by atoms with Crippen molar-refractivity contribution in [1.82, 2.24) is 0 Å². The van der Waals surface area contributed by atoms with Gasteiger partial charge in [0.1, 0.15) is 0 Å². The number of ether oxygens (including phenoxy) is 3. The van der Waals surface area contributed by atoms with Gasteiger partial charge in [0, 0.05) is 36.7 Å². The molecule has 0 bridgehead atoms. The van der Waals surface area contributed by atoms with Crippen LogP contribution in [0.5, 0.6) is 0 Å². The van der Waals surface area contributed by atoms with Gasteiger partial charge in [-0.2, -0.15) is 0 Å². The van der Waals surface area contributed by atoms with E-state index >= 15 is 0 Å². The van der Waals surface area contributed by atoms with Gasteiger partial charge in [-0.25, -0.2) is 0 Å². The maximum Gasteiger partial charge on any atom is 0.0976 e. The summed E-state index contributed by atoms with van der Waals surface area (Å²) in [4.78, 5) is 0. The highest BCUT2D eigenvalue weighted by molar-refractivity contribution is 14.1. The number of hydrogen-bond acceptors (Lipinski definition) is 3. The van der Waals surface area contributed by atoms with E-state index in [-0.39, 0.29) is 5.60 Å². The van der Waals surface area contributed by atoms with Crippen LogP contribution in [-0.4, -0.2) is 33.5 Å². The fourth-order valence-electron chi connectivity index (χ4n) is 2.29. The van der Waals surface area contributed by atoms with Crippen LogP contribution in [0.15, 0.2) is 24.3 Å². The first kappa shape index (κ1) is 14.2. The molecule has 4 heteroatoms. The van der Waals surface area contributed by atoms with Crippen molar-refractivity contribution in [3.8, 4) is 0 Å². The first-order valence-corrected chi connectivity index (χ1v) is 7.31. The summed E-state index contributed by atoms with van der Waals surface area (Å²) in [5.74, 6) is 0. The Bertz CT molecular complexity index is 358. The normalized spacial score (nSPS) is 18.8. The van der Waals surface area contributed by atoms with Gasteiger partial charge >= 0.3 is 0 Å². The highest BCUT2D eigenvalue weighted by atomic mass is 127. The standard InChI is InChI=1S/C14H19IO3/c1-16-10-11-18-14(6-8-17-9-7-14)12-2-4-13(15)5-3-12/h2-5H,6-11H2,1H3. The zero-order valence-corrected chi connectivity index (χ0v) is 12.8. The Balaban J connectivity index is 2.15. The van der Waals surface area contributed by atoms with Gasteiger partial charge in [-0.3, -0.25) is 0 Å². The molecule has 0 atom stereocenters. The van der Waals surface area contributed by atoms with E-state index in [0.717, 1.165) is 26.1 Å². The summed E-state index contributed by atoms with van der Waals surface area (Å²) >= 11 is 2.32. The lowest BCUT2D eigenvalue weighted by molar-refractivity contribution is -0.125. The fraction of sp³-hybridized carbons (Fsp3) is 0.571. The molecule has 0 amide bonds. The Morgan fingerprint density at radius 3 is 2.44 bits per heavy atom. The smallest absolute Gasteiger partial charge is 0.0976 e. The number of benzene rings is 1. The predicted octanol–water partition coefficient (Wildman–Crippen LogP) is 2.96. The van der Waals surface area contributed by atoms with Crippen molar-refractivity contribution in [3.05, 3.63) is 33.4 Å². The molecule has 1 fully saturated rings. The summed E-state index contributed by atoms with van der Waals surface area (Å²) in [6.07, 6.45) is 1.83. The van der Waals surface area contributed by atoms with Crippen molar-refractivity contribution in [2.75, 3.05) is 33.5 Å². The predicted molar refractivity (Wildman–Crippen MR) is 78.7 cm³/mol. The minimum absolute atomic E-state index is 0.193. The molecule has 1 aromatic carbocycles. The van der Waals surface area contributed by atoms with Gasteiger partial charge in [-0.15, -0.1) is 0 Å². The van der Waals surface area contributed by atoms with Crippen LogP contribution in [0.2, 0.25) is 0 Å². The molecule has 18 heavy (non-hydrogen) atoms. The molecule has 100 valence electrons. The van der Waals surface area contributed by atoms with Gasteiger partial charge in [0.2, 0.25) is 0 Å². The molecular formula is C14H19IO3. The van der Waals surface area contributed by atoms with Crippen LogP contribution in [0.4, 0.5) is 0 Å². The van der Waals surface area contributed by atoms with Crippen molar-refractivity contribution in [2.24, 2.45) is 0 Å². The van der Waals surface area contributed by atoms with Crippen LogP contribution < -0.4 is 0 Å². The molecule has 2 rings (SSSR count). The van der Waals surface area contributed by atoms with Gasteiger partial charge in [-0.05, 0) is 40.3 Å². The Morgan fingerprint density at radius 2 is 1.83 bits per heavy atom. The average Bonchev–Trinajstić information content (AvgIpc) is 2.41. The van der Waals surface area contributed by atoms with Crippen LogP contribution in [0.3, 0.4) is 0 Å². The van der Waals surface area contributed by atoms with Crippen molar-refractivity contribution in [1.29, 1.82) is 0 Å². The second-order valence-electron chi connectivity index (χ2n) is 4.45. The summed E-state index contributed by atoms with van der Waals surface area (Å²) in [7, 11) is 1.70. The van der Waals surface area contributed by atoms with Crippen molar-refractivity contribution < 1.29 is 14.2 Å². The molecule has 1 heterocycles. The SMILES string of the molecule is COCCOC1(c2ccc(I)cc2)CCOCC1. The minimum atomic E-state index is -0.193. The number of hydrogen-bond donors (Lipinski definition) is 0. The summed E-state index contributed by atoms with van der Waals surface area (Å²) in [6, 6.07) is 8.60. The van der Waals surface area contributed by atoms with Crippen molar-refractivity contribution >= 4 is 22.6 Å². The van der Waals surface area contributed by atoms with E-state index < -0.39 is 0 Å². The minimum Gasteiger partial charge on any atom is -0.382 e. The van der Waals surface area contributed by atoms with E-state index in [2.05, 4.69) is 46.9 Å². The molecule has 1 aromatic rings. The van der Waals surface area contributed by atoms with Crippen LogP contribution >= 0.6 is 22.6 Å². The topological polar surface area (TPSA) is 27.7 Å². The van der Waals surface area contributed by atoms with Gasteiger partial charge in [0.25, 0.3) is 0 Å². The van der Waals surface area contributed by atoms with E-state index in [1.165, 1.54) is 9.13 Å². The first-order chi connectivity index (χ1) is 8.77. The third-order valence-electron chi connectivity index (χ3n) is 3.34. The zero-order chi connectivity index (χ0) is 12.8. The van der Waals surface area contributed by atoms with Gasteiger partial charge in [0.15, 0.2) is 0 Å². The summed E-state index contributed by atoms with van der Waals surface area (Å²) in [6.45, 7) is 2.79.